The van der Waals surface area contributed by atoms with E-state index in [2.05, 4.69) is 180 Å². The zero-order valence-corrected chi connectivity index (χ0v) is 25.3. The average molecular weight is 590 g/mol. The number of rotatable bonds is 6. The van der Waals surface area contributed by atoms with Crippen LogP contribution in [-0.2, 0) is 6.42 Å². The molecule has 9 rings (SSSR count). The molecule has 3 nitrogen and oxygen atoms in total. The molecule has 6 aromatic carbocycles. The Morgan fingerprint density at radius 1 is 0.587 bits per heavy atom. The molecule has 1 atom stereocenters. The molecule has 7 aromatic rings. The zero-order chi connectivity index (χ0) is 30.5. The summed E-state index contributed by atoms with van der Waals surface area (Å²) < 4.78 is 0. The summed E-state index contributed by atoms with van der Waals surface area (Å²) in [5.41, 5.74) is 10.9. The van der Waals surface area contributed by atoms with Crippen LogP contribution in [0.4, 0.5) is 28.6 Å². The minimum atomic E-state index is 0.0621. The number of hydrogen-bond donors (Lipinski definition) is 0. The van der Waals surface area contributed by atoms with E-state index in [1.807, 2.05) is 0 Å². The third-order valence-electron chi connectivity index (χ3n) is 9.30. The number of benzene rings is 6. The third kappa shape index (κ3) is 4.32. The van der Waals surface area contributed by atoms with Crippen molar-refractivity contribution >= 4 is 61.9 Å². The van der Waals surface area contributed by atoms with Gasteiger partial charge in [-0.05, 0) is 94.7 Å². The van der Waals surface area contributed by atoms with Crippen LogP contribution in [0.3, 0.4) is 0 Å². The lowest BCUT2D eigenvalue weighted by atomic mass is 9.78. The Bertz CT molecular complexity index is 2250. The highest BCUT2D eigenvalue weighted by molar-refractivity contribution is 6.10. The van der Waals surface area contributed by atoms with E-state index < -0.39 is 0 Å². The molecular formula is C43H31N3. The van der Waals surface area contributed by atoms with Gasteiger partial charge >= 0.3 is 0 Å². The van der Waals surface area contributed by atoms with Crippen molar-refractivity contribution in [2.75, 3.05) is 9.80 Å². The van der Waals surface area contributed by atoms with Gasteiger partial charge in [-0.25, -0.2) is 4.98 Å². The Hall–Kier alpha value is -5.93. The Balaban J connectivity index is 1.24. The highest BCUT2D eigenvalue weighted by Gasteiger charge is 2.31. The highest BCUT2D eigenvalue weighted by atomic mass is 15.2. The second-order valence-corrected chi connectivity index (χ2v) is 11.9. The predicted molar refractivity (Wildman–Crippen MR) is 193 cm³/mol. The molecular weight excluding hydrogens is 558 g/mol. The number of pyridine rings is 1. The molecule has 0 spiro atoms. The van der Waals surface area contributed by atoms with Crippen molar-refractivity contribution < 1.29 is 0 Å². The van der Waals surface area contributed by atoms with Gasteiger partial charge in [0.15, 0.2) is 0 Å². The largest absolute Gasteiger partial charge is 0.330 e. The molecule has 2 aliphatic rings. The van der Waals surface area contributed by atoms with Gasteiger partial charge in [0.2, 0.25) is 0 Å². The molecule has 1 unspecified atom stereocenters. The van der Waals surface area contributed by atoms with Crippen LogP contribution in [0.2, 0.25) is 0 Å². The first-order valence-electron chi connectivity index (χ1n) is 15.9. The van der Waals surface area contributed by atoms with Crippen molar-refractivity contribution in [3.63, 3.8) is 0 Å². The van der Waals surface area contributed by atoms with Gasteiger partial charge in [0.1, 0.15) is 5.82 Å². The smallest absolute Gasteiger partial charge is 0.138 e. The molecule has 0 N–H and O–H groups in total. The van der Waals surface area contributed by atoms with Crippen molar-refractivity contribution in [3.8, 4) is 0 Å². The summed E-state index contributed by atoms with van der Waals surface area (Å²) >= 11 is 0. The summed E-state index contributed by atoms with van der Waals surface area (Å²) in [6.45, 7) is 0. The minimum absolute atomic E-state index is 0.0621. The molecule has 0 fully saturated rings. The molecule has 0 aliphatic heterocycles. The van der Waals surface area contributed by atoms with Gasteiger partial charge in [0.05, 0.1) is 17.2 Å². The Labute approximate surface area is 269 Å². The second kappa shape index (κ2) is 10.9. The monoisotopic (exact) mass is 589 g/mol. The Morgan fingerprint density at radius 2 is 1.26 bits per heavy atom. The maximum Gasteiger partial charge on any atom is 0.138 e. The van der Waals surface area contributed by atoms with Crippen LogP contribution in [-0.4, -0.2) is 11.0 Å². The van der Waals surface area contributed by atoms with Crippen LogP contribution in [0.1, 0.15) is 16.7 Å². The zero-order valence-electron chi connectivity index (χ0n) is 25.3. The highest BCUT2D eigenvalue weighted by Crippen LogP contribution is 2.48. The molecule has 0 saturated heterocycles. The average Bonchev–Trinajstić information content (AvgIpc) is 3.13. The van der Waals surface area contributed by atoms with E-state index in [1.54, 1.807) is 0 Å². The molecule has 0 saturated carbocycles. The minimum Gasteiger partial charge on any atom is -0.330 e. The topological polar surface area (TPSA) is 19.4 Å². The van der Waals surface area contributed by atoms with E-state index in [-0.39, 0.29) is 6.04 Å². The van der Waals surface area contributed by atoms with Crippen LogP contribution in [0.5, 0.6) is 0 Å². The van der Waals surface area contributed by atoms with Crippen molar-refractivity contribution in [1.82, 2.24) is 4.98 Å². The molecule has 0 radical (unpaired) electrons. The quantitative estimate of drug-likeness (QED) is 0.192. The predicted octanol–water partition coefficient (Wildman–Crippen LogP) is 11.0. The molecule has 0 bridgehead atoms. The fourth-order valence-electron chi connectivity index (χ4n) is 7.25. The van der Waals surface area contributed by atoms with Crippen molar-refractivity contribution in [2.45, 2.75) is 12.5 Å². The first-order valence-corrected chi connectivity index (χ1v) is 15.9. The standard InChI is InChI=1S/C43H31N3/c1-4-13-33(14-5-1)45(34-15-6-2-7-16-34)39-27-22-31-21-26-37-40(28-23-32-20-25-36(39)42(31)43(32)37)46(35-17-8-3-9-18-35)41-29-24-30-12-10-11-19-38(30)44-41/h1-19,21-29,39H,20H2. The Kier molecular flexibility index (Phi) is 6.27. The third-order valence-corrected chi connectivity index (χ3v) is 9.30. The van der Waals surface area contributed by atoms with Crippen LogP contribution < -0.4 is 9.80 Å². The molecule has 1 heterocycles. The lowest BCUT2D eigenvalue weighted by molar-refractivity contribution is 0.950. The van der Waals surface area contributed by atoms with E-state index in [0.29, 0.717) is 0 Å². The lowest BCUT2D eigenvalue weighted by Gasteiger charge is -2.38. The summed E-state index contributed by atoms with van der Waals surface area (Å²) in [5.74, 6) is 0.904. The maximum absolute atomic E-state index is 5.17. The molecule has 1 aromatic heterocycles. The second-order valence-electron chi connectivity index (χ2n) is 11.9. The summed E-state index contributed by atoms with van der Waals surface area (Å²) in [7, 11) is 0. The van der Waals surface area contributed by atoms with Gasteiger partial charge in [-0.1, -0.05) is 109 Å². The maximum atomic E-state index is 5.17. The summed E-state index contributed by atoms with van der Waals surface area (Å²) in [6.07, 6.45) is 8.03. The fourth-order valence-corrected chi connectivity index (χ4v) is 7.25. The van der Waals surface area contributed by atoms with E-state index in [0.717, 1.165) is 34.5 Å². The van der Waals surface area contributed by atoms with Gasteiger partial charge in [0, 0.05) is 27.8 Å². The number of hydrogen-bond acceptors (Lipinski definition) is 3. The first-order chi connectivity index (χ1) is 22.8. The van der Waals surface area contributed by atoms with Crippen molar-refractivity contribution in [1.29, 1.82) is 0 Å². The number of aromatic nitrogens is 1. The Morgan fingerprint density at radius 3 is 2.00 bits per heavy atom. The van der Waals surface area contributed by atoms with Crippen molar-refractivity contribution in [2.24, 2.45) is 0 Å². The van der Waals surface area contributed by atoms with E-state index in [1.165, 1.54) is 44.4 Å². The molecule has 218 valence electrons. The van der Waals surface area contributed by atoms with Crippen LogP contribution in [0, 0.1) is 0 Å². The lowest BCUT2D eigenvalue weighted by Crippen LogP contribution is -2.33. The van der Waals surface area contributed by atoms with Crippen LogP contribution in [0.15, 0.2) is 164 Å². The molecule has 2 aliphatic carbocycles. The fraction of sp³-hybridized carbons (Fsp3) is 0.0465. The van der Waals surface area contributed by atoms with Gasteiger partial charge in [-0.15, -0.1) is 0 Å². The number of para-hydroxylation sites is 4. The number of fused-ring (bicyclic) bond motifs is 1. The van der Waals surface area contributed by atoms with E-state index >= 15 is 0 Å². The first kappa shape index (κ1) is 26.5. The van der Waals surface area contributed by atoms with Crippen molar-refractivity contribution in [3.05, 3.63) is 181 Å². The van der Waals surface area contributed by atoms with Gasteiger partial charge in [-0.2, -0.15) is 0 Å². The van der Waals surface area contributed by atoms with Crippen LogP contribution >= 0.6 is 0 Å². The van der Waals surface area contributed by atoms with Gasteiger partial charge in [-0.3, -0.25) is 4.90 Å². The number of anilines is 5. The molecule has 0 amide bonds. The van der Waals surface area contributed by atoms with Gasteiger partial charge in [0.25, 0.3) is 0 Å². The molecule has 46 heavy (non-hydrogen) atoms. The number of allylic oxidation sites excluding steroid dienone is 1. The van der Waals surface area contributed by atoms with E-state index in [9.17, 15) is 0 Å². The normalized spacial score (nSPS) is 14.7. The summed E-state index contributed by atoms with van der Waals surface area (Å²) in [4.78, 5) is 9.95. The van der Waals surface area contributed by atoms with E-state index in [4.69, 9.17) is 4.98 Å². The SMILES string of the molecule is C1=CC(N(c2ccccc2)c2ccccc2)C2=CCc3ccc(N(c4ccccc4)c4ccc5ccccc5n4)c4ccc1c2c34. The molecule has 3 heteroatoms. The number of nitrogens with zero attached hydrogens (tertiary/aromatic N) is 3. The summed E-state index contributed by atoms with van der Waals surface area (Å²) in [6, 6.07) is 54.0. The van der Waals surface area contributed by atoms with Crippen LogP contribution in [0.25, 0.3) is 33.3 Å². The summed E-state index contributed by atoms with van der Waals surface area (Å²) in [5, 5.41) is 3.71. The van der Waals surface area contributed by atoms with Gasteiger partial charge < -0.3 is 4.90 Å².